The van der Waals surface area contributed by atoms with Crippen LogP contribution in [0.1, 0.15) is 0 Å². The van der Waals surface area contributed by atoms with Crippen LogP contribution in [0.2, 0.25) is 0 Å². The van der Waals surface area contributed by atoms with Crippen LogP contribution in [0, 0.1) is 0 Å². The van der Waals surface area contributed by atoms with Gasteiger partial charge in [0, 0.05) is 30.0 Å². The normalized spacial score (nSPS) is 8.30. The molecule has 0 aromatic heterocycles. The Labute approximate surface area is 75.5 Å². The van der Waals surface area contributed by atoms with Gasteiger partial charge in [-0.2, -0.15) is 0 Å². The third-order valence-corrected chi connectivity index (χ3v) is 0.541. The first-order valence-electron chi connectivity index (χ1n) is 2.32. The Bertz CT molecular complexity index is 112. The molecule has 10 heavy (non-hydrogen) atoms. The molecule has 0 saturated heterocycles. The molecule has 4 nitrogen and oxygen atoms in total. The van der Waals surface area contributed by atoms with Crippen molar-refractivity contribution in [3.8, 4) is 0 Å². The summed E-state index contributed by atoms with van der Waals surface area (Å²) in [4.78, 5) is 10.2. The first-order valence-corrected chi connectivity index (χ1v) is 2.32. The zero-order chi connectivity index (χ0) is 7.28. The van der Waals surface area contributed by atoms with Gasteiger partial charge in [-0.05, 0) is 0 Å². The number of carbonyl (C=O) groups is 1. The Hall–Kier alpha value is -0.0713. The predicted molar refractivity (Wildman–Crippen MR) is 35.1 cm³/mol. The summed E-state index contributed by atoms with van der Waals surface area (Å²) in [5, 5.41) is 16.3. The fourth-order valence-electron chi connectivity index (χ4n) is 0.216. The molecule has 0 aliphatic carbocycles. The maximum atomic E-state index is 10.2. The Morgan fingerprint density at radius 3 is 2.50 bits per heavy atom. The Morgan fingerprint density at radius 1 is 1.70 bits per heavy atom. The molecule has 0 aromatic rings. The van der Waals surface area contributed by atoms with Gasteiger partial charge in [0.1, 0.15) is 6.61 Å². The minimum Gasteiger partial charge on any atom is -0.457 e. The van der Waals surface area contributed by atoms with Crippen molar-refractivity contribution in [2.45, 2.75) is 6.29 Å². The molecular weight excluding hydrogens is 243 g/mol. The van der Waals surface area contributed by atoms with Crippen molar-refractivity contribution in [3.63, 3.8) is 0 Å². The van der Waals surface area contributed by atoms with Crippen LogP contribution >= 0.6 is 0 Å². The number of aliphatic hydroxyl groups excluding tert-OH is 1. The third kappa shape index (κ3) is 7.93. The van der Waals surface area contributed by atoms with E-state index in [2.05, 4.69) is 11.3 Å². The molecule has 0 atom stereocenters. The average molecular weight is 251 g/mol. The Morgan fingerprint density at radius 2 is 2.20 bits per heavy atom. The maximum Gasteiger partial charge on any atom is 0.330 e. The molecule has 2 N–H and O–H groups in total. The molecular formula is C5H8O4Sn. The van der Waals surface area contributed by atoms with Crippen molar-refractivity contribution in [2.75, 3.05) is 6.61 Å². The number of hydrogen-bond donors (Lipinski definition) is 2. The van der Waals surface area contributed by atoms with E-state index in [-0.39, 0.29) is 23.9 Å². The van der Waals surface area contributed by atoms with Crippen molar-refractivity contribution in [1.82, 2.24) is 0 Å². The van der Waals surface area contributed by atoms with Crippen LogP contribution in [0.5, 0.6) is 0 Å². The summed E-state index contributed by atoms with van der Waals surface area (Å²) in [5.41, 5.74) is 0. The molecule has 0 bridgehead atoms. The van der Waals surface area contributed by atoms with Crippen molar-refractivity contribution >= 4 is 29.9 Å². The maximum absolute atomic E-state index is 10.2. The van der Waals surface area contributed by atoms with E-state index in [0.717, 1.165) is 6.08 Å². The van der Waals surface area contributed by atoms with E-state index in [4.69, 9.17) is 10.2 Å². The summed E-state index contributed by atoms with van der Waals surface area (Å²) in [7, 11) is 0. The van der Waals surface area contributed by atoms with Crippen molar-refractivity contribution in [3.05, 3.63) is 12.7 Å². The molecule has 5 heteroatoms. The molecule has 0 aromatic carbocycles. The second kappa shape index (κ2) is 7.04. The van der Waals surface area contributed by atoms with Gasteiger partial charge in [-0.3, -0.25) is 0 Å². The van der Waals surface area contributed by atoms with Gasteiger partial charge in [0.15, 0.2) is 6.29 Å². The van der Waals surface area contributed by atoms with Crippen molar-refractivity contribution in [1.29, 1.82) is 0 Å². The van der Waals surface area contributed by atoms with Gasteiger partial charge in [0.25, 0.3) is 0 Å². The quantitative estimate of drug-likeness (QED) is 0.281. The minimum absolute atomic E-state index is 0. The van der Waals surface area contributed by atoms with Gasteiger partial charge in [0.05, 0.1) is 0 Å². The Kier molecular flexibility index (Phi) is 8.87. The molecule has 0 aliphatic rings. The van der Waals surface area contributed by atoms with Crippen LogP contribution in [0.3, 0.4) is 0 Å². The second-order valence-corrected chi connectivity index (χ2v) is 1.31. The minimum atomic E-state index is -1.60. The fourth-order valence-corrected chi connectivity index (χ4v) is 0.216. The first-order chi connectivity index (χ1) is 4.16. The molecule has 0 spiro atoms. The molecule has 0 rings (SSSR count). The molecule has 0 saturated carbocycles. The van der Waals surface area contributed by atoms with Gasteiger partial charge in [-0.15, -0.1) is 0 Å². The summed E-state index contributed by atoms with van der Waals surface area (Å²) in [6.45, 7) is 2.69. The zero-order valence-corrected chi connectivity index (χ0v) is 8.13. The largest absolute Gasteiger partial charge is 0.457 e. The summed E-state index contributed by atoms with van der Waals surface area (Å²) in [6, 6.07) is 0. The number of ether oxygens (including phenoxy) is 1. The molecule has 4 radical (unpaired) electrons. The SMILES string of the molecule is C=CC(=O)OCC(O)O.[Sn]. The topological polar surface area (TPSA) is 66.8 Å². The molecule has 0 fully saturated rings. The van der Waals surface area contributed by atoms with Crippen LogP contribution in [0.25, 0.3) is 0 Å². The standard InChI is InChI=1S/C5H8O4.Sn/c1-2-5(8)9-3-4(6)7;/h2,4,6-7H,1,3H2;. The number of carbonyl (C=O) groups excluding carboxylic acids is 1. The molecule has 0 heterocycles. The van der Waals surface area contributed by atoms with Gasteiger partial charge in [-0.25, -0.2) is 4.79 Å². The monoisotopic (exact) mass is 252 g/mol. The number of hydrogen-bond acceptors (Lipinski definition) is 4. The van der Waals surface area contributed by atoms with E-state index in [9.17, 15) is 4.79 Å². The number of aliphatic hydroxyl groups is 2. The number of esters is 1. The Balaban J connectivity index is 0. The van der Waals surface area contributed by atoms with Gasteiger partial charge < -0.3 is 14.9 Å². The van der Waals surface area contributed by atoms with Crippen LogP contribution in [-0.4, -0.2) is 53.0 Å². The van der Waals surface area contributed by atoms with Crippen LogP contribution < -0.4 is 0 Å². The van der Waals surface area contributed by atoms with Crippen LogP contribution in [0.15, 0.2) is 12.7 Å². The third-order valence-electron chi connectivity index (χ3n) is 0.541. The van der Waals surface area contributed by atoms with E-state index in [1.54, 1.807) is 0 Å². The van der Waals surface area contributed by atoms with Crippen LogP contribution in [0.4, 0.5) is 0 Å². The summed E-state index contributed by atoms with van der Waals surface area (Å²) in [5.74, 6) is -0.664. The van der Waals surface area contributed by atoms with Crippen molar-refractivity contribution in [2.24, 2.45) is 0 Å². The smallest absolute Gasteiger partial charge is 0.330 e. The molecule has 0 amide bonds. The second-order valence-electron chi connectivity index (χ2n) is 1.31. The van der Waals surface area contributed by atoms with E-state index in [1.165, 1.54) is 0 Å². The zero-order valence-electron chi connectivity index (χ0n) is 5.28. The van der Waals surface area contributed by atoms with Crippen LogP contribution in [-0.2, 0) is 9.53 Å². The average Bonchev–Trinajstić information content (AvgIpc) is 1.83. The van der Waals surface area contributed by atoms with E-state index in [0.29, 0.717) is 0 Å². The molecule has 0 aliphatic heterocycles. The summed E-state index contributed by atoms with van der Waals surface area (Å²) >= 11 is 0. The van der Waals surface area contributed by atoms with Crippen molar-refractivity contribution < 1.29 is 19.7 Å². The predicted octanol–water partition coefficient (Wildman–Crippen LogP) is -1.35. The van der Waals surface area contributed by atoms with Gasteiger partial charge in [-0.1, -0.05) is 6.58 Å². The first kappa shape index (κ1) is 12.6. The number of rotatable bonds is 3. The molecule has 0 unspecified atom stereocenters. The fraction of sp³-hybridized carbons (Fsp3) is 0.400. The van der Waals surface area contributed by atoms with E-state index < -0.39 is 18.9 Å². The summed E-state index contributed by atoms with van der Waals surface area (Å²) < 4.78 is 4.20. The van der Waals surface area contributed by atoms with E-state index >= 15 is 0 Å². The van der Waals surface area contributed by atoms with Gasteiger partial charge in [0.2, 0.25) is 0 Å². The van der Waals surface area contributed by atoms with E-state index in [1.807, 2.05) is 0 Å². The summed E-state index contributed by atoms with van der Waals surface area (Å²) in [6.07, 6.45) is -0.656. The molecule has 56 valence electrons. The van der Waals surface area contributed by atoms with Gasteiger partial charge >= 0.3 is 5.97 Å².